The Balaban J connectivity index is 1.97. The van der Waals surface area contributed by atoms with E-state index in [0.717, 1.165) is 22.5 Å². The zero-order valence-corrected chi connectivity index (χ0v) is 12.2. The van der Waals surface area contributed by atoms with Gasteiger partial charge in [0, 0.05) is 25.5 Å². The minimum absolute atomic E-state index is 0.283. The molecule has 0 radical (unpaired) electrons. The molecule has 0 fully saturated rings. The van der Waals surface area contributed by atoms with Gasteiger partial charge in [-0.2, -0.15) is 0 Å². The summed E-state index contributed by atoms with van der Waals surface area (Å²) in [5.41, 5.74) is 4.11. The Morgan fingerprint density at radius 1 is 1.05 bits per heavy atom. The molecule has 1 aliphatic rings. The quantitative estimate of drug-likeness (QED) is 0.934. The van der Waals surface area contributed by atoms with Gasteiger partial charge in [0.15, 0.2) is 0 Å². The highest BCUT2D eigenvalue weighted by Crippen LogP contribution is 2.34. The van der Waals surface area contributed by atoms with Crippen molar-refractivity contribution in [2.24, 2.45) is 0 Å². The van der Waals surface area contributed by atoms with Crippen molar-refractivity contribution in [1.82, 2.24) is 0 Å². The van der Waals surface area contributed by atoms with Crippen LogP contribution in [0, 0.1) is 0 Å². The molecule has 3 heteroatoms. The van der Waals surface area contributed by atoms with E-state index in [1.165, 1.54) is 0 Å². The predicted octanol–water partition coefficient (Wildman–Crippen LogP) is 3.53. The summed E-state index contributed by atoms with van der Waals surface area (Å²) in [7, 11) is 3.64. The summed E-state index contributed by atoms with van der Waals surface area (Å²) in [6.07, 6.45) is 2.99. The minimum atomic E-state index is -0.626. The number of ether oxygens (including phenoxy) is 1. The first kappa shape index (κ1) is 13.9. The van der Waals surface area contributed by atoms with Crippen molar-refractivity contribution in [2.75, 3.05) is 19.1 Å². The van der Waals surface area contributed by atoms with Crippen LogP contribution >= 0.6 is 0 Å². The first-order chi connectivity index (χ1) is 10.2. The van der Waals surface area contributed by atoms with E-state index in [2.05, 4.69) is 23.1 Å². The number of hydrogen-bond donors (Lipinski definition) is 1. The molecule has 1 aliphatic carbocycles. The number of aliphatic hydroxyl groups is 1. The molecule has 1 N–H and O–H groups in total. The molecule has 2 atom stereocenters. The van der Waals surface area contributed by atoms with Crippen LogP contribution < -0.4 is 4.90 Å². The van der Waals surface area contributed by atoms with Crippen molar-refractivity contribution >= 4 is 17.5 Å². The Labute approximate surface area is 125 Å². The molecular formula is C18H19NO2. The second-order valence-corrected chi connectivity index (χ2v) is 5.21. The van der Waals surface area contributed by atoms with E-state index >= 15 is 0 Å². The molecular weight excluding hydrogens is 262 g/mol. The monoisotopic (exact) mass is 281 g/mol. The van der Waals surface area contributed by atoms with Crippen LogP contribution in [0.3, 0.4) is 0 Å². The molecule has 0 spiro atoms. The number of aliphatic hydroxyl groups excluding tert-OH is 1. The van der Waals surface area contributed by atoms with Crippen molar-refractivity contribution in [1.29, 1.82) is 0 Å². The van der Waals surface area contributed by atoms with Crippen LogP contribution in [0.1, 0.15) is 17.2 Å². The summed E-state index contributed by atoms with van der Waals surface area (Å²) in [6, 6.07) is 16.3. The Morgan fingerprint density at radius 3 is 2.52 bits per heavy atom. The van der Waals surface area contributed by atoms with Crippen LogP contribution in [0.5, 0.6) is 0 Å². The summed E-state index contributed by atoms with van der Waals surface area (Å²) >= 11 is 0. The molecule has 108 valence electrons. The average molecular weight is 281 g/mol. The lowest BCUT2D eigenvalue weighted by molar-refractivity contribution is 0.0150. The number of methoxy groups -OCH3 is 1. The number of nitrogens with zero attached hydrogens (tertiary/aromatic N) is 1. The standard InChI is InChI=1S/C18H19NO2/c1-19(14-6-4-3-5-7-14)15-10-8-13-9-11-17(21-2)18(20)16(13)12-15/h3-12,17-18,20H,1-2H3/t17-,18-/m1/s1. The van der Waals surface area contributed by atoms with E-state index in [1.54, 1.807) is 7.11 Å². The maximum atomic E-state index is 10.4. The minimum Gasteiger partial charge on any atom is -0.385 e. The van der Waals surface area contributed by atoms with E-state index in [-0.39, 0.29) is 6.10 Å². The number of hydrogen-bond acceptors (Lipinski definition) is 3. The highest BCUT2D eigenvalue weighted by atomic mass is 16.5. The van der Waals surface area contributed by atoms with E-state index in [9.17, 15) is 5.11 Å². The Bertz CT molecular complexity index is 652. The van der Waals surface area contributed by atoms with Gasteiger partial charge in [0.25, 0.3) is 0 Å². The molecule has 0 aliphatic heterocycles. The molecule has 2 aromatic rings. The molecule has 21 heavy (non-hydrogen) atoms. The summed E-state index contributed by atoms with van der Waals surface area (Å²) in [6.45, 7) is 0. The fourth-order valence-electron chi connectivity index (χ4n) is 2.67. The van der Waals surface area contributed by atoms with E-state index in [1.807, 2.05) is 49.5 Å². The Kier molecular flexibility index (Phi) is 3.78. The zero-order valence-electron chi connectivity index (χ0n) is 12.2. The fraction of sp³-hybridized carbons (Fsp3) is 0.222. The lowest BCUT2D eigenvalue weighted by Gasteiger charge is -2.27. The van der Waals surface area contributed by atoms with Gasteiger partial charge in [-0.1, -0.05) is 36.4 Å². The third-order valence-electron chi connectivity index (χ3n) is 3.97. The van der Waals surface area contributed by atoms with Gasteiger partial charge in [-0.05, 0) is 35.4 Å². The van der Waals surface area contributed by atoms with E-state index in [0.29, 0.717) is 0 Å². The molecule has 3 nitrogen and oxygen atoms in total. The summed E-state index contributed by atoms with van der Waals surface area (Å²) in [5.74, 6) is 0. The first-order valence-corrected chi connectivity index (χ1v) is 7.02. The SMILES string of the molecule is CO[C@@H]1C=Cc2ccc(N(C)c3ccccc3)cc2[C@H]1O. The van der Waals surface area contributed by atoms with Gasteiger partial charge in [-0.3, -0.25) is 0 Å². The number of para-hydroxylation sites is 1. The molecule has 0 amide bonds. The van der Waals surface area contributed by atoms with Crippen molar-refractivity contribution in [2.45, 2.75) is 12.2 Å². The normalized spacial score (nSPS) is 20.1. The van der Waals surface area contributed by atoms with Gasteiger partial charge >= 0.3 is 0 Å². The molecule has 2 aromatic carbocycles. The summed E-state index contributed by atoms with van der Waals surface area (Å²) < 4.78 is 5.29. The van der Waals surface area contributed by atoms with Gasteiger partial charge in [-0.15, -0.1) is 0 Å². The van der Waals surface area contributed by atoms with Gasteiger partial charge in [0.05, 0.1) is 0 Å². The average Bonchev–Trinajstić information content (AvgIpc) is 2.55. The molecule has 3 rings (SSSR count). The molecule has 0 heterocycles. The largest absolute Gasteiger partial charge is 0.385 e. The van der Waals surface area contributed by atoms with Gasteiger partial charge < -0.3 is 14.7 Å². The van der Waals surface area contributed by atoms with Crippen molar-refractivity contribution in [3.8, 4) is 0 Å². The molecule has 0 unspecified atom stereocenters. The first-order valence-electron chi connectivity index (χ1n) is 7.02. The molecule has 0 saturated heterocycles. The van der Waals surface area contributed by atoms with Gasteiger partial charge in [-0.25, -0.2) is 0 Å². The van der Waals surface area contributed by atoms with Crippen LogP contribution in [0.25, 0.3) is 6.08 Å². The van der Waals surface area contributed by atoms with E-state index < -0.39 is 6.10 Å². The van der Waals surface area contributed by atoms with E-state index in [4.69, 9.17) is 4.74 Å². The van der Waals surface area contributed by atoms with Crippen molar-refractivity contribution in [3.63, 3.8) is 0 Å². The van der Waals surface area contributed by atoms with Gasteiger partial charge in [0.1, 0.15) is 12.2 Å². The van der Waals surface area contributed by atoms with Crippen LogP contribution in [-0.4, -0.2) is 25.4 Å². The maximum absolute atomic E-state index is 10.4. The Hall–Kier alpha value is -2.10. The number of anilines is 2. The second-order valence-electron chi connectivity index (χ2n) is 5.21. The number of benzene rings is 2. The summed E-state index contributed by atoms with van der Waals surface area (Å²) in [5, 5.41) is 10.4. The molecule has 0 saturated carbocycles. The van der Waals surface area contributed by atoms with Gasteiger partial charge in [0.2, 0.25) is 0 Å². The third-order valence-corrected chi connectivity index (χ3v) is 3.97. The fourth-order valence-corrected chi connectivity index (χ4v) is 2.67. The second kappa shape index (κ2) is 5.72. The summed E-state index contributed by atoms with van der Waals surface area (Å²) in [4.78, 5) is 2.10. The topological polar surface area (TPSA) is 32.7 Å². The Morgan fingerprint density at radius 2 is 1.81 bits per heavy atom. The highest BCUT2D eigenvalue weighted by molar-refractivity contribution is 5.68. The predicted molar refractivity (Wildman–Crippen MR) is 85.7 cm³/mol. The number of rotatable bonds is 3. The number of fused-ring (bicyclic) bond motifs is 1. The van der Waals surface area contributed by atoms with Crippen LogP contribution in [0.4, 0.5) is 11.4 Å². The molecule has 0 bridgehead atoms. The van der Waals surface area contributed by atoms with Crippen LogP contribution in [0.15, 0.2) is 54.6 Å². The lowest BCUT2D eigenvalue weighted by atomic mass is 9.92. The highest BCUT2D eigenvalue weighted by Gasteiger charge is 2.24. The van der Waals surface area contributed by atoms with Crippen LogP contribution in [-0.2, 0) is 4.74 Å². The lowest BCUT2D eigenvalue weighted by Crippen LogP contribution is -2.22. The van der Waals surface area contributed by atoms with Crippen LogP contribution in [0.2, 0.25) is 0 Å². The molecule has 0 aromatic heterocycles. The zero-order chi connectivity index (χ0) is 14.8. The maximum Gasteiger partial charge on any atom is 0.109 e. The third kappa shape index (κ3) is 2.58. The smallest absolute Gasteiger partial charge is 0.109 e. The van der Waals surface area contributed by atoms with Crippen molar-refractivity contribution in [3.05, 3.63) is 65.7 Å². The van der Waals surface area contributed by atoms with Crippen molar-refractivity contribution < 1.29 is 9.84 Å².